The summed E-state index contributed by atoms with van der Waals surface area (Å²) >= 11 is 1.14. The number of thioether (sulfide) groups is 1. The lowest BCUT2D eigenvalue weighted by Crippen LogP contribution is -2.22. The molecule has 0 unspecified atom stereocenters. The molecule has 0 saturated heterocycles. The Kier molecular flexibility index (Phi) is 6.23. The quantitative estimate of drug-likeness (QED) is 0.356. The number of amides is 1. The van der Waals surface area contributed by atoms with Gasteiger partial charge < -0.3 is 10.1 Å². The normalized spacial score (nSPS) is 10.3. The first-order chi connectivity index (χ1) is 12.3. The van der Waals surface area contributed by atoms with E-state index >= 15 is 0 Å². The Balaban J connectivity index is 2.03. The summed E-state index contributed by atoms with van der Waals surface area (Å²) in [6.45, 7) is -0.815. The first-order valence-electron chi connectivity index (χ1n) is 7.07. The maximum atomic E-state index is 13.4. The van der Waals surface area contributed by atoms with Gasteiger partial charge in [-0.15, -0.1) is 11.8 Å². The number of nitrogens with zero attached hydrogens (tertiary/aromatic N) is 1. The van der Waals surface area contributed by atoms with Crippen molar-refractivity contribution >= 4 is 35.0 Å². The van der Waals surface area contributed by atoms with Crippen LogP contribution in [0.2, 0.25) is 0 Å². The fraction of sp³-hybridized carbons (Fsp3) is 0.125. The van der Waals surface area contributed by atoms with Gasteiger partial charge in [-0.2, -0.15) is 0 Å². The van der Waals surface area contributed by atoms with Crippen molar-refractivity contribution in [2.24, 2.45) is 0 Å². The van der Waals surface area contributed by atoms with Gasteiger partial charge in [0.15, 0.2) is 6.61 Å². The number of ether oxygens (including phenoxy) is 1. The summed E-state index contributed by atoms with van der Waals surface area (Å²) in [5.41, 5.74) is -1.06. The molecular formula is C16H12F2N2O5S. The molecule has 1 amide bonds. The highest BCUT2D eigenvalue weighted by Crippen LogP contribution is 2.28. The Morgan fingerprint density at radius 1 is 1.23 bits per heavy atom. The summed E-state index contributed by atoms with van der Waals surface area (Å²) in [7, 11) is 0. The van der Waals surface area contributed by atoms with Crippen molar-refractivity contribution in [2.45, 2.75) is 4.90 Å². The number of halogens is 2. The predicted molar refractivity (Wildman–Crippen MR) is 90.1 cm³/mol. The Morgan fingerprint density at radius 2 is 1.88 bits per heavy atom. The first kappa shape index (κ1) is 19.3. The monoisotopic (exact) mass is 382 g/mol. The van der Waals surface area contributed by atoms with Crippen molar-refractivity contribution in [3.05, 3.63) is 63.7 Å². The number of hydrogen-bond donors (Lipinski definition) is 1. The molecule has 2 aromatic carbocycles. The maximum absolute atomic E-state index is 13.4. The summed E-state index contributed by atoms with van der Waals surface area (Å²) in [6.07, 6.45) is 1.65. The van der Waals surface area contributed by atoms with Crippen LogP contribution in [0.15, 0.2) is 41.3 Å². The Bertz CT molecular complexity index is 855. The van der Waals surface area contributed by atoms with Gasteiger partial charge in [-0.3, -0.25) is 14.9 Å². The Morgan fingerprint density at radius 3 is 2.46 bits per heavy atom. The fourth-order valence-corrected chi connectivity index (χ4v) is 2.51. The number of nitro benzene ring substituents is 1. The number of rotatable bonds is 6. The van der Waals surface area contributed by atoms with Gasteiger partial charge in [-0.25, -0.2) is 13.6 Å². The van der Waals surface area contributed by atoms with Crippen LogP contribution in [0.25, 0.3) is 0 Å². The largest absolute Gasteiger partial charge is 0.452 e. The molecule has 0 bridgehead atoms. The highest BCUT2D eigenvalue weighted by molar-refractivity contribution is 7.98. The molecule has 0 radical (unpaired) electrons. The molecule has 7 nitrogen and oxygen atoms in total. The van der Waals surface area contributed by atoms with E-state index < -0.39 is 40.7 Å². The molecule has 0 aliphatic rings. The number of nitrogens with one attached hydrogen (secondary N) is 1. The fourth-order valence-electron chi connectivity index (χ4n) is 1.97. The van der Waals surface area contributed by atoms with E-state index in [2.05, 4.69) is 0 Å². The highest BCUT2D eigenvalue weighted by Gasteiger charge is 2.19. The van der Waals surface area contributed by atoms with Gasteiger partial charge in [0.25, 0.3) is 11.6 Å². The van der Waals surface area contributed by atoms with E-state index in [1.807, 2.05) is 5.32 Å². The molecule has 136 valence electrons. The van der Waals surface area contributed by atoms with Crippen molar-refractivity contribution in [1.29, 1.82) is 0 Å². The van der Waals surface area contributed by atoms with Crippen LogP contribution in [0, 0.1) is 21.7 Å². The van der Waals surface area contributed by atoms with Crippen LogP contribution < -0.4 is 5.32 Å². The smallest absolute Gasteiger partial charge is 0.338 e. The summed E-state index contributed by atoms with van der Waals surface area (Å²) in [5.74, 6) is -3.90. The van der Waals surface area contributed by atoms with Crippen molar-refractivity contribution < 1.29 is 28.0 Å². The van der Waals surface area contributed by atoms with E-state index in [1.165, 1.54) is 12.1 Å². The lowest BCUT2D eigenvalue weighted by Gasteiger charge is -2.08. The minimum Gasteiger partial charge on any atom is -0.452 e. The molecule has 0 spiro atoms. The summed E-state index contributed by atoms with van der Waals surface area (Å²) < 4.78 is 31.6. The number of hydrogen-bond acceptors (Lipinski definition) is 6. The van der Waals surface area contributed by atoms with Gasteiger partial charge in [0.2, 0.25) is 0 Å². The standard InChI is InChI=1S/C16H12F2N2O5S/c1-26-13-6-5-9(7-12(13)20(23)24)16(22)25-8-14(21)19-15-10(17)3-2-4-11(15)18/h2-7H,8H2,1H3,(H,19,21). The molecule has 26 heavy (non-hydrogen) atoms. The SMILES string of the molecule is CSc1ccc(C(=O)OCC(=O)Nc2c(F)cccc2F)cc1[N+](=O)[O-]. The molecule has 10 heteroatoms. The van der Waals surface area contributed by atoms with Crippen molar-refractivity contribution in [2.75, 3.05) is 18.2 Å². The van der Waals surface area contributed by atoms with Crippen LogP contribution in [0.1, 0.15) is 10.4 Å². The van der Waals surface area contributed by atoms with Gasteiger partial charge in [-0.1, -0.05) is 6.07 Å². The maximum Gasteiger partial charge on any atom is 0.338 e. The number of para-hydroxylation sites is 1. The zero-order chi connectivity index (χ0) is 19.3. The van der Waals surface area contributed by atoms with E-state index in [-0.39, 0.29) is 11.3 Å². The third-order valence-electron chi connectivity index (χ3n) is 3.17. The second-order valence-corrected chi connectivity index (χ2v) is 5.71. The third-order valence-corrected chi connectivity index (χ3v) is 3.96. The van der Waals surface area contributed by atoms with Crippen molar-refractivity contribution in [3.8, 4) is 0 Å². The molecule has 0 aliphatic heterocycles. The number of carbonyl (C=O) groups is 2. The number of carbonyl (C=O) groups excluding carboxylic acids is 2. The number of esters is 1. The van der Waals surface area contributed by atoms with Gasteiger partial charge in [0.05, 0.1) is 15.4 Å². The molecule has 0 aliphatic carbocycles. The van der Waals surface area contributed by atoms with Gasteiger partial charge >= 0.3 is 5.97 Å². The van der Waals surface area contributed by atoms with Gasteiger partial charge in [-0.05, 0) is 30.5 Å². The zero-order valence-electron chi connectivity index (χ0n) is 13.3. The average Bonchev–Trinajstić information content (AvgIpc) is 2.62. The zero-order valence-corrected chi connectivity index (χ0v) is 14.1. The molecule has 0 saturated carbocycles. The van der Waals surface area contributed by atoms with Crippen LogP contribution in [0.4, 0.5) is 20.2 Å². The summed E-state index contributed by atoms with van der Waals surface area (Å²) in [5, 5.41) is 12.9. The number of anilines is 1. The van der Waals surface area contributed by atoms with Crippen LogP contribution >= 0.6 is 11.8 Å². The molecule has 2 aromatic rings. The predicted octanol–water partition coefficient (Wildman–Crippen LogP) is 3.39. The van der Waals surface area contributed by atoms with Crippen LogP contribution in [-0.4, -0.2) is 29.7 Å². The van der Waals surface area contributed by atoms with E-state index in [9.17, 15) is 28.5 Å². The van der Waals surface area contributed by atoms with Crippen molar-refractivity contribution in [1.82, 2.24) is 0 Å². The van der Waals surface area contributed by atoms with E-state index in [4.69, 9.17) is 4.74 Å². The Hall–Kier alpha value is -3.01. The second kappa shape index (κ2) is 8.39. The van der Waals surface area contributed by atoms with Crippen molar-refractivity contribution in [3.63, 3.8) is 0 Å². The lowest BCUT2D eigenvalue weighted by molar-refractivity contribution is -0.387. The van der Waals surface area contributed by atoms with Gasteiger partial charge in [0, 0.05) is 6.07 Å². The Labute approximate surface area is 150 Å². The molecule has 0 heterocycles. The molecule has 0 aromatic heterocycles. The topological polar surface area (TPSA) is 98.5 Å². The molecule has 2 rings (SSSR count). The van der Waals surface area contributed by atoms with E-state index in [0.717, 1.165) is 36.0 Å². The van der Waals surface area contributed by atoms with Crippen LogP contribution in [0.5, 0.6) is 0 Å². The minimum atomic E-state index is -0.982. The minimum absolute atomic E-state index is 0.126. The number of benzene rings is 2. The van der Waals surface area contributed by atoms with Crippen LogP contribution in [0.3, 0.4) is 0 Å². The first-order valence-corrected chi connectivity index (χ1v) is 8.29. The van der Waals surface area contributed by atoms with E-state index in [0.29, 0.717) is 4.90 Å². The molecule has 0 fully saturated rings. The highest BCUT2D eigenvalue weighted by atomic mass is 32.2. The molecular weight excluding hydrogens is 370 g/mol. The summed E-state index contributed by atoms with van der Waals surface area (Å²) in [6, 6.07) is 6.77. The molecule has 0 atom stereocenters. The third kappa shape index (κ3) is 4.54. The molecule has 1 N–H and O–H groups in total. The summed E-state index contributed by atoms with van der Waals surface area (Å²) in [4.78, 5) is 34.3. The van der Waals surface area contributed by atoms with Crippen LogP contribution in [-0.2, 0) is 9.53 Å². The van der Waals surface area contributed by atoms with E-state index in [1.54, 1.807) is 6.26 Å². The lowest BCUT2D eigenvalue weighted by atomic mass is 10.2. The second-order valence-electron chi connectivity index (χ2n) is 4.86. The van der Waals surface area contributed by atoms with Gasteiger partial charge in [0.1, 0.15) is 17.3 Å². The average molecular weight is 382 g/mol. The number of nitro groups is 1.